The molecule has 0 bridgehead atoms. The van der Waals surface area contributed by atoms with E-state index in [4.69, 9.17) is 0 Å². The lowest BCUT2D eigenvalue weighted by atomic mass is 9.87. The highest BCUT2D eigenvalue weighted by Gasteiger charge is 2.22. The monoisotopic (exact) mass is 306 g/mol. The fraction of sp³-hybridized carbons (Fsp3) is 0.409. The van der Waals surface area contributed by atoms with E-state index in [1.165, 1.54) is 60.8 Å². The van der Waals surface area contributed by atoms with Crippen LogP contribution in [-0.2, 0) is 13.5 Å². The summed E-state index contributed by atoms with van der Waals surface area (Å²) in [5.41, 5.74) is 11.4. The number of aryl methyl sites for hydroxylation is 4. The summed E-state index contributed by atoms with van der Waals surface area (Å²) in [6, 6.07) is 4.64. The Labute approximate surface area is 140 Å². The van der Waals surface area contributed by atoms with E-state index in [1.54, 1.807) is 0 Å². The van der Waals surface area contributed by atoms with E-state index in [0.717, 1.165) is 6.42 Å². The van der Waals surface area contributed by atoms with Crippen molar-refractivity contribution in [3.63, 3.8) is 0 Å². The average Bonchev–Trinajstić information content (AvgIpc) is 2.55. The van der Waals surface area contributed by atoms with Crippen molar-refractivity contribution in [2.75, 3.05) is 0 Å². The average molecular weight is 306 g/mol. The molecule has 0 atom stereocenters. The molecular formula is C22H28N+. The minimum atomic E-state index is 1.10. The predicted molar refractivity (Wildman–Crippen MR) is 100 cm³/mol. The molecule has 0 radical (unpaired) electrons. The van der Waals surface area contributed by atoms with E-state index in [0.29, 0.717) is 0 Å². The van der Waals surface area contributed by atoms with Gasteiger partial charge in [0, 0.05) is 12.5 Å². The van der Waals surface area contributed by atoms with Gasteiger partial charge in [0.25, 0.3) is 0 Å². The zero-order valence-electron chi connectivity index (χ0n) is 15.8. The molecule has 120 valence electrons. The molecule has 0 spiro atoms. The molecule has 1 nitrogen and oxygen atoms in total. The van der Waals surface area contributed by atoms with Gasteiger partial charge in [-0.25, -0.2) is 0 Å². The van der Waals surface area contributed by atoms with Gasteiger partial charge in [0.05, 0.1) is 10.8 Å². The second-order valence-corrected chi connectivity index (χ2v) is 6.99. The van der Waals surface area contributed by atoms with E-state index in [1.807, 2.05) is 0 Å². The quantitative estimate of drug-likeness (QED) is 0.428. The van der Waals surface area contributed by atoms with Crippen LogP contribution in [0.3, 0.4) is 0 Å². The first-order valence-corrected chi connectivity index (χ1v) is 8.62. The second kappa shape index (κ2) is 5.33. The van der Waals surface area contributed by atoms with E-state index in [-0.39, 0.29) is 0 Å². The number of hydrogen-bond donors (Lipinski definition) is 0. The summed E-state index contributed by atoms with van der Waals surface area (Å²) in [7, 11) is 2.21. The Morgan fingerprint density at radius 1 is 0.739 bits per heavy atom. The maximum Gasteiger partial charge on any atom is 0.220 e. The highest BCUT2D eigenvalue weighted by molar-refractivity contribution is 6.08. The Balaban J connectivity index is 2.72. The largest absolute Gasteiger partial charge is 0.220 e. The Morgan fingerprint density at radius 2 is 1.30 bits per heavy atom. The van der Waals surface area contributed by atoms with Crippen molar-refractivity contribution in [3.8, 4) is 0 Å². The maximum atomic E-state index is 2.39. The first-order valence-electron chi connectivity index (χ1n) is 8.62. The molecule has 0 fully saturated rings. The summed E-state index contributed by atoms with van der Waals surface area (Å²) in [6.45, 7) is 15.8. The van der Waals surface area contributed by atoms with E-state index < -0.39 is 0 Å². The third kappa shape index (κ3) is 2.02. The van der Waals surface area contributed by atoms with Gasteiger partial charge in [-0.3, -0.25) is 0 Å². The van der Waals surface area contributed by atoms with Crippen LogP contribution in [-0.4, -0.2) is 0 Å². The number of aromatic nitrogens is 1. The molecule has 0 aliphatic heterocycles. The number of rotatable bonds is 1. The van der Waals surface area contributed by atoms with Crippen LogP contribution in [0.1, 0.15) is 46.0 Å². The molecule has 0 saturated heterocycles. The summed E-state index contributed by atoms with van der Waals surface area (Å²) in [6.07, 6.45) is 1.10. The van der Waals surface area contributed by atoms with Gasteiger partial charge >= 0.3 is 0 Å². The predicted octanol–water partition coefficient (Wildman–Crippen LogP) is 5.23. The standard InChI is InChI=1S/C22H28N/c1-9-18-14(4)15(5)19-10-11-20-13(3)12(2)17(7)23(8)22(20)21(19)16(18)6/h10-11H,9H2,1-8H3/q+1. The molecule has 0 aliphatic carbocycles. The summed E-state index contributed by atoms with van der Waals surface area (Å²) in [5.74, 6) is 0. The minimum Gasteiger partial charge on any atom is -0.198 e. The summed E-state index contributed by atoms with van der Waals surface area (Å²) >= 11 is 0. The van der Waals surface area contributed by atoms with Crippen LogP contribution < -0.4 is 4.57 Å². The molecule has 0 unspecified atom stereocenters. The van der Waals surface area contributed by atoms with Crippen molar-refractivity contribution in [2.24, 2.45) is 7.05 Å². The van der Waals surface area contributed by atoms with Crippen LogP contribution in [0.4, 0.5) is 0 Å². The van der Waals surface area contributed by atoms with Gasteiger partial charge in [-0.15, -0.1) is 0 Å². The molecule has 0 saturated carbocycles. The second-order valence-electron chi connectivity index (χ2n) is 6.99. The van der Waals surface area contributed by atoms with E-state index in [2.05, 4.69) is 72.2 Å². The molecule has 0 amide bonds. The number of fused-ring (bicyclic) bond motifs is 3. The normalized spacial score (nSPS) is 11.7. The van der Waals surface area contributed by atoms with Crippen LogP contribution in [0.2, 0.25) is 0 Å². The Kier molecular flexibility index (Phi) is 3.71. The Hall–Kier alpha value is -1.89. The molecular weight excluding hydrogens is 278 g/mol. The van der Waals surface area contributed by atoms with Gasteiger partial charge in [-0.2, -0.15) is 4.57 Å². The van der Waals surface area contributed by atoms with Crippen LogP contribution in [0.5, 0.6) is 0 Å². The summed E-state index contributed by atoms with van der Waals surface area (Å²) < 4.78 is 2.39. The van der Waals surface area contributed by atoms with Crippen LogP contribution in [0.25, 0.3) is 21.7 Å². The molecule has 0 N–H and O–H groups in total. The lowest BCUT2D eigenvalue weighted by Gasteiger charge is -2.18. The lowest BCUT2D eigenvalue weighted by molar-refractivity contribution is -0.650. The van der Waals surface area contributed by atoms with Gasteiger partial charge < -0.3 is 0 Å². The molecule has 2 aromatic carbocycles. The van der Waals surface area contributed by atoms with Crippen LogP contribution in [0, 0.1) is 41.5 Å². The van der Waals surface area contributed by atoms with Crippen molar-refractivity contribution in [1.82, 2.24) is 0 Å². The van der Waals surface area contributed by atoms with E-state index in [9.17, 15) is 0 Å². The molecule has 1 heteroatoms. The first-order chi connectivity index (χ1) is 10.8. The van der Waals surface area contributed by atoms with Crippen molar-refractivity contribution in [1.29, 1.82) is 0 Å². The highest BCUT2D eigenvalue weighted by atomic mass is 14.9. The molecule has 3 aromatic rings. The summed E-state index contributed by atoms with van der Waals surface area (Å²) in [5, 5.41) is 4.23. The van der Waals surface area contributed by atoms with E-state index >= 15 is 0 Å². The lowest BCUT2D eigenvalue weighted by Crippen LogP contribution is -2.34. The zero-order chi connectivity index (χ0) is 17.0. The SMILES string of the molecule is CCc1c(C)c(C)c2ccc3c(C)c(C)c(C)[n+](C)c3c2c1C. The number of hydrogen-bond acceptors (Lipinski definition) is 0. The number of benzene rings is 2. The minimum absolute atomic E-state index is 1.10. The molecule has 1 aromatic heterocycles. The summed E-state index contributed by atoms with van der Waals surface area (Å²) in [4.78, 5) is 0. The Bertz CT molecular complexity index is 962. The topological polar surface area (TPSA) is 3.88 Å². The van der Waals surface area contributed by atoms with Gasteiger partial charge in [0.15, 0.2) is 5.69 Å². The van der Waals surface area contributed by atoms with Crippen molar-refractivity contribution in [2.45, 2.75) is 54.9 Å². The third-order valence-electron chi connectivity index (χ3n) is 6.13. The first kappa shape index (κ1) is 16.0. The molecule has 1 heterocycles. The van der Waals surface area contributed by atoms with Crippen molar-refractivity contribution in [3.05, 3.63) is 51.2 Å². The van der Waals surface area contributed by atoms with Crippen LogP contribution >= 0.6 is 0 Å². The molecule has 0 aliphatic rings. The highest BCUT2D eigenvalue weighted by Crippen LogP contribution is 2.35. The van der Waals surface area contributed by atoms with Gasteiger partial charge in [0.2, 0.25) is 5.52 Å². The fourth-order valence-corrected chi connectivity index (χ4v) is 4.22. The fourth-order valence-electron chi connectivity index (χ4n) is 4.22. The third-order valence-corrected chi connectivity index (χ3v) is 6.13. The Morgan fingerprint density at radius 3 is 1.91 bits per heavy atom. The number of pyridine rings is 1. The van der Waals surface area contributed by atoms with Gasteiger partial charge in [-0.05, 0) is 80.3 Å². The smallest absolute Gasteiger partial charge is 0.198 e. The van der Waals surface area contributed by atoms with Gasteiger partial charge in [-0.1, -0.05) is 13.0 Å². The maximum absolute atomic E-state index is 2.39. The van der Waals surface area contributed by atoms with Crippen LogP contribution in [0.15, 0.2) is 12.1 Å². The van der Waals surface area contributed by atoms with Crippen molar-refractivity contribution < 1.29 is 4.57 Å². The molecule has 3 rings (SSSR count). The zero-order valence-corrected chi connectivity index (χ0v) is 15.8. The molecule has 23 heavy (non-hydrogen) atoms. The number of nitrogens with zero attached hydrogens (tertiary/aromatic N) is 1. The van der Waals surface area contributed by atoms with Crippen molar-refractivity contribution >= 4 is 21.7 Å². The van der Waals surface area contributed by atoms with Gasteiger partial charge in [0.1, 0.15) is 7.05 Å².